The number of hydrogen-bond acceptors (Lipinski definition) is 6. The Labute approximate surface area is 126 Å². The second kappa shape index (κ2) is 5.48. The number of benzene rings is 2. The molecule has 0 spiro atoms. The van der Waals surface area contributed by atoms with E-state index in [9.17, 15) is 9.59 Å². The summed E-state index contributed by atoms with van der Waals surface area (Å²) < 4.78 is 10.6. The molecule has 6 nitrogen and oxygen atoms in total. The van der Waals surface area contributed by atoms with Gasteiger partial charge < -0.3 is 14.5 Å². The van der Waals surface area contributed by atoms with Gasteiger partial charge in [-0.05, 0) is 31.2 Å². The van der Waals surface area contributed by atoms with E-state index in [0.717, 1.165) is 0 Å². The van der Waals surface area contributed by atoms with Crippen LogP contribution in [0.25, 0.3) is 22.6 Å². The molecule has 0 radical (unpaired) electrons. The van der Waals surface area contributed by atoms with Crippen molar-refractivity contribution in [3.63, 3.8) is 0 Å². The van der Waals surface area contributed by atoms with Crippen LogP contribution in [-0.2, 0) is 4.74 Å². The molecule has 3 rings (SSSR count). The van der Waals surface area contributed by atoms with Crippen LogP contribution in [0.15, 0.2) is 39.5 Å². The molecule has 22 heavy (non-hydrogen) atoms. The third-order valence-corrected chi connectivity index (χ3v) is 3.26. The van der Waals surface area contributed by atoms with Gasteiger partial charge in [0.2, 0.25) is 5.43 Å². The minimum atomic E-state index is -0.405. The van der Waals surface area contributed by atoms with Gasteiger partial charge in [-0.2, -0.15) is 0 Å². The summed E-state index contributed by atoms with van der Waals surface area (Å²) in [6.07, 6.45) is 0. The van der Waals surface area contributed by atoms with E-state index in [1.54, 1.807) is 38.2 Å². The van der Waals surface area contributed by atoms with Crippen molar-refractivity contribution in [2.75, 3.05) is 19.0 Å². The van der Waals surface area contributed by atoms with Gasteiger partial charge in [-0.25, -0.2) is 9.78 Å². The van der Waals surface area contributed by atoms with Crippen LogP contribution in [0, 0.1) is 0 Å². The van der Waals surface area contributed by atoms with E-state index in [1.807, 2.05) is 0 Å². The fourth-order valence-corrected chi connectivity index (χ4v) is 2.19. The van der Waals surface area contributed by atoms with Crippen molar-refractivity contribution in [2.24, 2.45) is 0 Å². The molecule has 0 atom stereocenters. The number of carbonyl (C=O) groups is 1. The quantitative estimate of drug-likeness (QED) is 0.591. The zero-order valence-corrected chi connectivity index (χ0v) is 12.2. The molecule has 1 N–H and O–H groups in total. The number of aromatic nitrogens is 1. The van der Waals surface area contributed by atoms with Gasteiger partial charge in [0.15, 0.2) is 11.3 Å². The van der Waals surface area contributed by atoms with Crippen molar-refractivity contribution in [1.29, 1.82) is 0 Å². The average Bonchev–Trinajstić information content (AvgIpc) is 2.52. The molecule has 0 aromatic heterocycles. The van der Waals surface area contributed by atoms with Crippen LogP contribution in [0.1, 0.15) is 17.3 Å². The Morgan fingerprint density at radius 3 is 2.86 bits per heavy atom. The lowest BCUT2D eigenvalue weighted by molar-refractivity contribution is 0.0526. The van der Waals surface area contributed by atoms with Crippen LogP contribution in [0.5, 0.6) is 0 Å². The predicted octanol–water partition coefficient (Wildman–Crippen LogP) is 2.51. The Balaban J connectivity index is 2.19. The Morgan fingerprint density at radius 1 is 1.32 bits per heavy atom. The van der Waals surface area contributed by atoms with Gasteiger partial charge in [0.25, 0.3) is 0 Å². The van der Waals surface area contributed by atoms with Crippen LogP contribution in [-0.4, -0.2) is 24.6 Å². The summed E-state index contributed by atoms with van der Waals surface area (Å²) in [6, 6.07) is 7.88. The summed E-state index contributed by atoms with van der Waals surface area (Å²) >= 11 is 0. The number of rotatable bonds is 3. The molecule has 112 valence electrons. The number of nitrogens with zero attached hydrogens (tertiary/aromatic N) is 1. The number of carbonyl (C=O) groups excluding carboxylic acids is 1. The first-order valence-corrected chi connectivity index (χ1v) is 6.86. The summed E-state index contributed by atoms with van der Waals surface area (Å²) in [5.41, 5.74) is 2.25. The molecule has 0 saturated carbocycles. The lowest BCUT2D eigenvalue weighted by Crippen LogP contribution is -2.08. The molecule has 0 unspecified atom stereocenters. The highest BCUT2D eigenvalue weighted by Crippen LogP contribution is 2.26. The molecule has 6 heteroatoms. The normalized spacial score (nSPS) is 10.8. The summed E-state index contributed by atoms with van der Waals surface area (Å²) in [5, 5.41) is 2.81. The molecule has 1 aliphatic heterocycles. The third-order valence-electron chi connectivity index (χ3n) is 3.26. The molecule has 0 bridgehead atoms. The van der Waals surface area contributed by atoms with E-state index >= 15 is 0 Å². The van der Waals surface area contributed by atoms with Crippen LogP contribution in [0.2, 0.25) is 0 Å². The topological polar surface area (TPSA) is 81.4 Å². The Bertz CT molecular complexity index is 885. The van der Waals surface area contributed by atoms with Crippen molar-refractivity contribution >= 4 is 22.8 Å². The molecule has 1 heterocycles. The molecular weight excluding hydrogens is 284 g/mol. The van der Waals surface area contributed by atoms with Gasteiger partial charge in [0.05, 0.1) is 17.9 Å². The minimum Gasteiger partial charge on any atom is -0.462 e. The zero-order chi connectivity index (χ0) is 15.7. The maximum Gasteiger partial charge on any atom is 0.338 e. The summed E-state index contributed by atoms with van der Waals surface area (Å²) in [5.74, 6) is -0.00231. The highest BCUT2D eigenvalue weighted by Gasteiger charge is 2.14. The summed E-state index contributed by atoms with van der Waals surface area (Å²) in [7, 11) is 1.67. The first kappa shape index (κ1) is 14.1. The fraction of sp³-hybridized carbons (Fsp3) is 0.188. The first-order chi connectivity index (χ1) is 10.6. The van der Waals surface area contributed by atoms with E-state index in [2.05, 4.69) is 10.3 Å². The standard InChI is InChI=1S/C16H14N2O4/c1-3-21-16(20)9-4-5-14-11(6-9)18-12-7-10(17-2)13(19)8-15(12)22-14/h4-8,17H,3H2,1-2H3. The number of fused-ring (bicyclic) bond motifs is 2. The molecule has 1 aromatic carbocycles. The van der Waals surface area contributed by atoms with Crippen molar-refractivity contribution in [3.8, 4) is 11.5 Å². The summed E-state index contributed by atoms with van der Waals surface area (Å²) in [4.78, 5) is 28.0. The van der Waals surface area contributed by atoms with Crippen LogP contribution >= 0.6 is 0 Å². The number of anilines is 1. The number of nitrogens with one attached hydrogen (secondary N) is 1. The van der Waals surface area contributed by atoms with E-state index in [4.69, 9.17) is 9.15 Å². The lowest BCUT2D eigenvalue weighted by Gasteiger charge is -2.08. The first-order valence-electron chi connectivity index (χ1n) is 6.86. The van der Waals surface area contributed by atoms with Crippen LogP contribution in [0.4, 0.5) is 5.69 Å². The lowest BCUT2D eigenvalue weighted by atomic mass is 10.1. The largest absolute Gasteiger partial charge is 0.462 e. The average molecular weight is 298 g/mol. The molecule has 0 amide bonds. The maximum atomic E-state index is 11.8. The van der Waals surface area contributed by atoms with Crippen LogP contribution in [0.3, 0.4) is 0 Å². The molecule has 1 aliphatic carbocycles. The van der Waals surface area contributed by atoms with Crippen molar-refractivity contribution in [1.82, 2.24) is 4.98 Å². The second-order valence-electron chi connectivity index (χ2n) is 4.68. The van der Waals surface area contributed by atoms with E-state index in [0.29, 0.717) is 40.4 Å². The van der Waals surface area contributed by atoms with E-state index in [-0.39, 0.29) is 5.43 Å². The van der Waals surface area contributed by atoms with Gasteiger partial charge in [-0.15, -0.1) is 0 Å². The van der Waals surface area contributed by atoms with Crippen LogP contribution < -0.4 is 10.7 Å². The monoisotopic (exact) mass is 298 g/mol. The Hall–Kier alpha value is -2.89. The number of esters is 1. The van der Waals surface area contributed by atoms with Gasteiger partial charge >= 0.3 is 5.97 Å². The fourth-order valence-electron chi connectivity index (χ4n) is 2.19. The SMILES string of the molecule is CCOC(=O)c1ccc2oc3cc(=O)c(NC)cc-3nc2c1. The number of ether oxygens (including phenoxy) is 1. The molecule has 0 saturated heterocycles. The van der Waals surface area contributed by atoms with Crippen molar-refractivity contribution in [2.45, 2.75) is 6.92 Å². The molecule has 1 aromatic rings. The third kappa shape index (κ3) is 2.39. The van der Waals surface area contributed by atoms with Gasteiger partial charge in [0, 0.05) is 13.1 Å². The van der Waals surface area contributed by atoms with Gasteiger partial charge in [0.1, 0.15) is 11.2 Å². The van der Waals surface area contributed by atoms with Crippen molar-refractivity contribution < 1.29 is 13.9 Å². The minimum absolute atomic E-state index is 0.164. The molecule has 2 aliphatic rings. The zero-order valence-electron chi connectivity index (χ0n) is 12.2. The smallest absolute Gasteiger partial charge is 0.338 e. The highest BCUT2D eigenvalue weighted by molar-refractivity contribution is 5.93. The molecular formula is C16H14N2O4. The van der Waals surface area contributed by atoms with Gasteiger partial charge in [-0.1, -0.05) is 0 Å². The molecule has 0 fully saturated rings. The van der Waals surface area contributed by atoms with E-state index < -0.39 is 5.97 Å². The summed E-state index contributed by atoms with van der Waals surface area (Å²) in [6.45, 7) is 2.06. The maximum absolute atomic E-state index is 11.8. The predicted molar refractivity (Wildman–Crippen MR) is 82.4 cm³/mol. The van der Waals surface area contributed by atoms with Gasteiger partial charge in [-0.3, -0.25) is 4.79 Å². The highest BCUT2D eigenvalue weighted by atomic mass is 16.5. The Kier molecular flexibility index (Phi) is 3.50. The Morgan fingerprint density at radius 2 is 2.14 bits per heavy atom. The second-order valence-corrected chi connectivity index (χ2v) is 4.68. The number of hydrogen-bond donors (Lipinski definition) is 1. The van der Waals surface area contributed by atoms with E-state index in [1.165, 1.54) is 6.07 Å². The van der Waals surface area contributed by atoms with Crippen molar-refractivity contribution in [3.05, 3.63) is 46.1 Å².